The Labute approximate surface area is 281 Å². The van der Waals surface area contributed by atoms with Gasteiger partial charge in [0, 0.05) is 50.0 Å². The highest BCUT2D eigenvalue weighted by atomic mass is 35.5. The molecule has 1 aromatic heterocycles. The number of rotatable bonds is 14. The lowest BCUT2D eigenvalue weighted by molar-refractivity contribution is -0.154. The van der Waals surface area contributed by atoms with Gasteiger partial charge < -0.3 is 30.5 Å². The van der Waals surface area contributed by atoms with E-state index in [1.165, 1.54) is 16.8 Å². The number of hydrogen-bond acceptors (Lipinski definition) is 9. The summed E-state index contributed by atoms with van der Waals surface area (Å²) in [4.78, 5) is 52.5. The molecule has 258 valence electrons. The normalized spacial score (nSPS) is 13.4. The minimum atomic E-state index is -4.60. The Hall–Kier alpha value is -4.66. The van der Waals surface area contributed by atoms with Crippen molar-refractivity contribution < 1.29 is 32.3 Å². The van der Waals surface area contributed by atoms with Crippen LogP contribution in [0.5, 0.6) is 6.01 Å². The Morgan fingerprint density at radius 3 is 2.17 bits per heavy atom. The number of alkyl halides is 3. The summed E-state index contributed by atoms with van der Waals surface area (Å²) in [5.74, 6) is -1.39. The monoisotopic (exact) mass is 690 g/mol. The molecule has 12 nitrogen and oxygen atoms in total. The fourth-order valence-corrected chi connectivity index (χ4v) is 4.74. The lowest BCUT2D eigenvalue weighted by Gasteiger charge is -2.21. The van der Waals surface area contributed by atoms with Crippen molar-refractivity contribution in [3.63, 3.8) is 0 Å². The zero-order chi connectivity index (χ0) is 35.1. The number of aromatic nitrogens is 3. The van der Waals surface area contributed by atoms with E-state index in [4.69, 9.17) is 16.3 Å². The van der Waals surface area contributed by atoms with E-state index in [9.17, 15) is 27.6 Å². The van der Waals surface area contributed by atoms with E-state index in [2.05, 4.69) is 30.9 Å². The molecule has 1 aliphatic carbocycles. The van der Waals surface area contributed by atoms with E-state index in [0.717, 1.165) is 18.4 Å². The number of ether oxygens (including phenoxy) is 1. The lowest BCUT2D eigenvalue weighted by Crippen LogP contribution is -2.43. The molecule has 1 fully saturated rings. The van der Waals surface area contributed by atoms with Gasteiger partial charge in [-0.05, 0) is 67.1 Å². The topological polar surface area (TPSA) is 142 Å². The van der Waals surface area contributed by atoms with Crippen LogP contribution in [0.15, 0.2) is 48.5 Å². The molecule has 3 N–H and O–H groups in total. The Morgan fingerprint density at radius 2 is 1.56 bits per heavy atom. The average Bonchev–Trinajstić information content (AvgIpc) is 3.82. The fourth-order valence-electron chi connectivity index (χ4n) is 4.61. The smallest absolute Gasteiger partial charge is 0.422 e. The SMILES string of the molecule is CC(C)CNC(=O)C(=O)N(C)CCCN(C)C(=O)c1ccc(Nc2nc(NC3(c4ccc(Cl)cc4)CC3)nc(OCC(F)(F)F)n2)cc1. The van der Waals surface area contributed by atoms with Gasteiger partial charge in [-0.25, -0.2) is 0 Å². The number of carbonyl (C=O) groups excluding carboxylic acids is 3. The second-order valence-electron chi connectivity index (χ2n) is 12.0. The molecule has 3 amide bonds. The lowest BCUT2D eigenvalue weighted by atomic mass is 10.1. The predicted octanol–water partition coefficient (Wildman–Crippen LogP) is 5.00. The van der Waals surface area contributed by atoms with E-state index in [1.54, 1.807) is 43.4 Å². The van der Waals surface area contributed by atoms with Gasteiger partial charge in [0.15, 0.2) is 6.61 Å². The maximum absolute atomic E-state index is 13.0. The number of likely N-dealkylation sites (N-methyl/N-ethyl adjacent to an activating group) is 1. The molecule has 0 radical (unpaired) electrons. The second-order valence-corrected chi connectivity index (χ2v) is 12.4. The van der Waals surface area contributed by atoms with Crippen molar-refractivity contribution in [1.82, 2.24) is 30.1 Å². The first kappa shape index (κ1) is 36.2. The molecular formula is C32H38ClF3N8O4. The minimum absolute atomic E-state index is 0.0223. The molecule has 4 rings (SSSR count). The van der Waals surface area contributed by atoms with Gasteiger partial charge in [0.2, 0.25) is 11.9 Å². The van der Waals surface area contributed by atoms with Crippen molar-refractivity contribution >= 4 is 46.9 Å². The Balaban J connectivity index is 1.38. The highest BCUT2D eigenvalue weighted by Crippen LogP contribution is 2.48. The largest absolute Gasteiger partial charge is 0.454 e. The van der Waals surface area contributed by atoms with Crippen LogP contribution in [-0.2, 0) is 15.1 Å². The summed E-state index contributed by atoms with van der Waals surface area (Å²) in [5.41, 5.74) is 1.26. The van der Waals surface area contributed by atoms with Crippen molar-refractivity contribution in [2.75, 3.05) is 51.0 Å². The van der Waals surface area contributed by atoms with Gasteiger partial charge in [-0.2, -0.15) is 28.1 Å². The molecule has 1 heterocycles. The first-order valence-corrected chi connectivity index (χ1v) is 15.7. The zero-order valence-electron chi connectivity index (χ0n) is 27.0. The number of carbonyl (C=O) groups is 3. The number of nitrogens with zero attached hydrogens (tertiary/aromatic N) is 5. The van der Waals surface area contributed by atoms with Gasteiger partial charge in [0.1, 0.15) is 0 Å². The highest BCUT2D eigenvalue weighted by Gasteiger charge is 2.45. The van der Waals surface area contributed by atoms with Gasteiger partial charge in [-0.3, -0.25) is 14.4 Å². The third kappa shape index (κ3) is 10.4. The summed E-state index contributed by atoms with van der Waals surface area (Å²) in [5, 5.41) is 9.31. The van der Waals surface area contributed by atoms with E-state index in [1.807, 2.05) is 26.0 Å². The van der Waals surface area contributed by atoms with E-state index < -0.39 is 36.1 Å². The standard InChI is InChI=1S/C32H38ClF3N8O4/c1-20(2)18-37-25(45)27(47)44(4)17-5-16-43(3)26(46)21-6-12-24(13-7-21)38-28-39-29(41-30(40-28)48-19-32(34,35)36)42-31(14-15-31)22-8-10-23(33)11-9-22/h6-13,20H,5,14-19H2,1-4H3,(H,37,45)(H2,38,39,40,41,42). The molecule has 0 saturated heterocycles. The van der Waals surface area contributed by atoms with Crippen LogP contribution in [0.2, 0.25) is 5.02 Å². The Morgan fingerprint density at radius 1 is 0.938 bits per heavy atom. The van der Waals surface area contributed by atoms with Gasteiger partial charge in [0.25, 0.3) is 5.91 Å². The highest BCUT2D eigenvalue weighted by molar-refractivity contribution is 6.34. The minimum Gasteiger partial charge on any atom is -0.454 e. The van der Waals surface area contributed by atoms with Crippen molar-refractivity contribution in [2.24, 2.45) is 5.92 Å². The number of halogens is 4. The van der Waals surface area contributed by atoms with E-state index in [-0.39, 0.29) is 30.3 Å². The third-order valence-corrected chi connectivity index (χ3v) is 7.66. The quantitative estimate of drug-likeness (QED) is 0.199. The van der Waals surface area contributed by atoms with Gasteiger partial charge in [-0.1, -0.05) is 37.6 Å². The number of amides is 3. The maximum Gasteiger partial charge on any atom is 0.422 e. The second kappa shape index (κ2) is 15.5. The number of hydrogen-bond donors (Lipinski definition) is 3. The number of anilines is 3. The molecule has 48 heavy (non-hydrogen) atoms. The van der Waals surface area contributed by atoms with Crippen LogP contribution in [0.25, 0.3) is 0 Å². The van der Waals surface area contributed by atoms with Gasteiger partial charge in [0.05, 0.1) is 5.54 Å². The van der Waals surface area contributed by atoms with Crippen molar-refractivity contribution in [1.29, 1.82) is 0 Å². The predicted molar refractivity (Wildman–Crippen MR) is 174 cm³/mol. The van der Waals surface area contributed by atoms with Crippen LogP contribution in [0.3, 0.4) is 0 Å². The van der Waals surface area contributed by atoms with Gasteiger partial charge >= 0.3 is 24.0 Å². The van der Waals surface area contributed by atoms with Crippen molar-refractivity contribution in [3.8, 4) is 6.01 Å². The first-order valence-electron chi connectivity index (χ1n) is 15.3. The van der Waals surface area contributed by atoms with Crippen LogP contribution >= 0.6 is 11.6 Å². The van der Waals surface area contributed by atoms with E-state index in [0.29, 0.717) is 35.8 Å². The summed E-state index contributed by atoms with van der Waals surface area (Å²) in [7, 11) is 3.16. The van der Waals surface area contributed by atoms with E-state index >= 15 is 0 Å². The third-order valence-electron chi connectivity index (χ3n) is 7.41. The molecule has 0 spiro atoms. The van der Waals surface area contributed by atoms with Crippen LogP contribution in [0, 0.1) is 5.92 Å². The van der Waals surface area contributed by atoms with Crippen LogP contribution in [-0.4, -0.2) is 89.0 Å². The summed E-state index contributed by atoms with van der Waals surface area (Å²) in [6.45, 7) is 3.30. The molecule has 0 bridgehead atoms. The van der Waals surface area contributed by atoms with Gasteiger partial charge in [-0.15, -0.1) is 0 Å². The Kier molecular flexibility index (Phi) is 11.7. The molecule has 0 atom stereocenters. The molecule has 0 aliphatic heterocycles. The van der Waals surface area contributed by atoms with Crippen LogP contribution in [0.4, 0.5) is 30.8 Å². The van der Waals surface area contributed by atoms with Crippen LogP contribution < -0.4 is 20.7 Å². The molecule has 2 aromatic carbocycles. The number of benzene rings is 2. The maximum atomic E-state index is 13.0. The molecular weight excluding hydrogens is 653 g/mol. The zero-order valence-corrected chi connectivity index (χ0v) is 27.8. The summed E-state index contributed by atoms with van der Waals surface area (Å²) < 4.78 is 43.5. The average molecular weight is 691 g/mol. The fraction of sp³-hybridized carbons (Fsp3) is 0.438. The molecule has 0 unspecified atom stereocenters. The molecule has 1 saturated carbocycles. The summed E-state index contributed by atoms with van der Waals surface area (Å²) in [6.07, 6.45) is -2.65. The van der Waals surface area contributed by atoms with Crippen LogP contribution in [0.1, 0.15) is 49.0 Å². The first-order chi connectivity index (χ1) is 22.6. The van der Waals surface area contributed by atoms with Crippen molar-refractivity contribution in [2.45, 2.75) is 44.8 Å². The molecule has 1 aliphatic rings. The Bertz CT molecular complexity index is 1590. The van der Waals surface area contributed by atoms with Crippen molar-refractivity contribution in [3.05, 3.63) is 64.7 Å². The molecule has 16 heteroatoms. The summed E-state index contributed by atoms with van der Waals surface area (Å²) in [6, 6.07) is 13.1. The molecule has 3 aromatic rings. The summed E-state index contributed by atoms with van der Waals surface area (Å²) >= 11 is 6.02. The number of nitrogens with one attached hydrogen (secondary N) is 3.